The third kappa shape index (κ3) is 2.13. The molecule has 1 aliphatic rings. The fourth-order valence-corrected chi connectivity index (χ4v) is 2.56. The van der Waals surface area contributed by atoms with E-state index in [2.05, 4.69) is 31.5 Å². The summed E-state index contributed by atoms with van der Waals surface area (Å²) < 4.78 is 0. The summed E-state index contributed by atoms with van der Waals surface area (Å²) in [6, 6.07) is 4.01. The summed E-state index contributed by atoms with van der Waals surface area (Å²) in [4.78, 5) is 6.79. The molecule has 2 aromatic heterocycles. The van der Waals surface area contributed by atoms with Gasteiger partial charge in [-0.1, -0.05) is 11.3 Å². The molecule has 0 bridgehead atoms. The van der Waals surface area contributed by atoms with Crippen molar-refractivity contribution in [1.29, 1.82) is 0 Å². The first-order valence-electron chi connectivity index (χ1n) is 5.62. The van der Waals surface area contributed by atoms with Crippen LogP contribution in [-0.4, -0.2) is 41.4 Å². The Morgan fingerprint density at radius 3 is 2.94 bits per heavy atom. The average molecular weight is 247 g/mol. The molecule has 17 heavy (non-hydrogen) atoms. The highest BCUT2D eigenvalue weighted by Gasteiger charge is 2.17. The second-order valence-electron chi connectivity index (χ2n) is 3.86. The largest absolute Gasteiger partial charge is 0.353 e. The number of nitrogens with zero attached hydrogens (tertiary/aromatic N) is 4. The number of hydrogen-bond acceptors (Lipinski definition) is 6. The van der Waals surface area contributed by atoms with Gasteiger partial charge in [-0.2, -0.15) is 0 Å². The molecule has 1 aliphatic heterocycles. The second-order valence-corrected chi connectivity index (χ2v) is 4.69. The van der Waals surface area contributed by atoms with Gasteiger partial charge in [0.05, 0.1) is 5.56 Å². The Balaban J connectivity index is 1.98. The van der Waals surface area contributed by atoms with Crippen LogP contribution in [0.15, 0.2) is 23.8 Å². The van der Waals surface area contributed by atoms with Crippen molar-refractivity contribution in [3.05, 3.63) is 23.8 Å². The molecule has 1 fully saturated rings. The maximum absolute atomic E-state index is 4.50. The van der Waals surface area contributed by atoms with Gasteiger partial charge in [0.1, 0.15) is 11.3 Å². The molecule has 0 spiro atoms. The summed E-state index contributed by atoms with van der Waals surface area (Å²) in [5, 5.41) is 12.3. The SMILES string of the molecule is c1cnc(N2CCNCC2)c(-c2nncs2)c1. The number of pyridine rings is 1. The number of anilines is 1. The second kappa shape index (κ2) is 4.77. The van der Waals surface area contributed by atoms with Crippen molar-refractivity contribution < 1.29 is 0 Å². The lowest BCUT2D eigenvalue weighted by Gasteiger charge is -2.29. The van der Waals surface area contributed by atoms with Crippen LogP contribution >= 0.6 is 11.3 Å². The van der Waals surface area contributed by atoms with Crippen LogP contribution < -0.4 is 10.2 Å². The van der Waals surface area contributed by atoms with E-state index < -0.39 is 0 Å². The summed E-state index contributed by atoms with van der Waals surface area (Å²) >= 11 is 1.55. The molecule has 88 valence electrons. The number of aromatic nitrogens is 3. The molecule has 3 rings (SSSR count). The normalized spacial score (nSPS) is 16.1. The maximum atomic E-state index is 4.50. The fourth-order valence-electron chi connectivity index (χ4n) is 1.98. The molecular weight excluding hydrogens is 234 g/mol. The van der Waals surface area contributed by atoms with E-state index in [0.717, 1.165) is 42.6 Å². The molecule has 0 amide bonds. The van der Waals surface area contributed by atoms with E-state index in [1.54, 1.807) is 16.8 Å². The van der Waals surface area contributed by atoms with E-state index in [1.807, 2.05) is 12.3 Å². The van der Waals surface area contributed by atoms with Crippen molar-refractivity contribution in [2.45, 2.75) is 0 Å². The highest BCUT2D eigenvalue weighted by Crippen LogP contribution is 2.29. The van der Waals surface area contributed by atoms with E-state index >= 15 is 0 Å². The van der Waals surface area contributed by atoms with Gasteiger partial charge in [0, 0.05) is 32.4 Å². The smallest absolute Gasteiger partial charge is 0.151 e. The monoisotopic (exact) mass is 247 g/mol. The lowest BCUT2D eigenvalue weighted by Crippen LogP contribution is -2.44. The molecular formula is C11H13N5S. The lowest BCUT2D eigenvalue weighted by atomic mass is 10.2. The van der Waals surface area contributed by atoms with Gasteiger partial charge in [-0.3, -0.25) is 0 Å². The van der Waals surface area contributed by atoms with E-state index in [4.69, 9.17) is 0 Å². The summed E-state index contributed by atoms with van der Waals surface area (Å²) in [6.45, 7) is 3.99. The van der Waals surface area contributed by atoms with Crippen LogP contribution in [0.1, 0.15) is 0 Å². The first-order chi connectivity index (χ1) is 8.45. The first kappa shape index (κ1) is 10.6. The van der Waals surface area contributed by atoms with Gasteiger partial charge in [-0.25, -0.2) is 4.98 Å². The average Bonchev–Trinajstić information content (AvgIpc) is 2.94. The minimum absolute atomic E-state index is 0.937. The van der Waals surface area contributed by atoms with Crippen molar-refractivity contribution >= 4 is 17.2 Å². The third-order valence-corrected chi connectivity index (χ3v) is 3.52. The van der Waals surface area contributed by atoms with Crippen molar-refractivity contribution in [1.82, 2.24) is 20.5 Å². The van der Waals surface area contributed by atoms with Gasteiger partial charge >= 0.3 is 0 Å². The lowest BCUT2D eigenvalue weighted by molar-refractivity contribution is 0.585. The molecule has 0 atom stereocenters. The predicted octanol–water partition coefficient (Wildman–Crippen LogP) is 1.01. The molecule has 0 aromatic carbocycles. The molecule has 0 unspecified atom stereocenters. The van der Waals surface area contributed by atoms with Crippen molar-refractivity contribution in [3.63, 3.8) is 0 Å². The minimum atomic E-state index is 0.937. The zero-order chi connectivity index (χ0) is 11.5. The van der Waals surface area contributed by atoms with Crippen molar-refractivity contribution in [2.24, 2.45) is 0 Å². The Morgan fingerprint density at radius 1 is 1.29 bits per heavy atom. The Morgan fingerprint density at radius 2 is 2.18 bits per heavy atom. The Hall–Kier alpha value is -1.53. The summed E-state index contributed by atoms with van der Waals surface area (Å²) in [7, 11) is 0. The summed E-state index contributed by atoms with van der Waals surface area (Å²) in [5.41, 5.74) is 2.83. The van der Waals surface area contributed by atoms with E-state index in [-0.39, 0.29) is 0 Å². The number of piperazine rings is 1. The summed E-state index contributed by atoms with van der Waals surface area (Å²) in [6.07, 6.45) is 1.84. The molecule has 1 N–H and O–H groups in total. The molecule has 0 radical (unpaired) electrons. The standard InChI is InChI=1S/C11H13N5S/c1-2-9(11-15-14-8-17-11)10(13-3-1)16-6-4-12-5-7-16/h1-3,8,12H,4-7H2. The topological polar surface area (TPSA) is 53.9 Å². The molecule has 3 heterocycles. The Labute approximate surface area is 104 Å². The molecule has 0 saturated carbocycles. The number of rotatable bonds is 2. The van der Waals surface area contributed by atoms with Crippen LogP contribution in [0.3, 0.4) is 0 Å². The molecule has 6 heteroatoms. The van der Waals surface area contributed by atoms with Gasteiger partial charge in [-0.15, -0.1) is 10.2 Å². The maximum Gasteiger partial charge on any atom is 0.151 e. The van der Waals surface area contributed by atoms with E-state index in [9.17, 15) is 0 Å². The Bertz CT molecular complexity index is 478. The molecule has 1 saturated heterocycles. The zero-order valence-electron chi connectivity index (χ0n) is 9.33. The van der Waals surface area contributed by atoms with Gasteiger partial charge in [0.15, 0.2) is 5.01 Å². The van der Waals surface area contributed by atoms with E-state index in [1.165, 1.54) is 0 Å². The zero-order valence-corrected chi connectivity index (χ0v) is 10.2. The number of hydrogen-bond donors (Lipinski definition) is 1. The Kier molecular flexibility index (Phi) is 2.98. The fraction of sp³-hybridized carbons (Fsp3) is 0.364. The van der Waals surface area contributed by atoms with Gasteiger partial charge in [0.2, 0.25) is 0 Å². The quantitative estimate of drug-likeness (QED) is 0.858. The van der Waals surface area contributed by atoms with Crippen LogP contribution in [0.4, 0.5) is 5.82 Å². The predicted molar refractivity (Wildman–Crippen MR) is 68.2 cm³/mol. The van der Waals surface area contributed by atoms with Gasteiger partial charge in [0.25, 0.3) is 0 Å². The third-order valence-electron chi connectivity index (χ3n) is 2.79. The van der Waals surface area contributed by atoms with Crippen LogP contribution in [-0.2, 0) is 0 Å². The van der Waals surface area contributed by atoms with Crippen molar-refractivity contribution in [2.75, 3.05) is 31.1 Å². The van der Waals surface area contributed by atoms with Crippen LogP contribution in [0.5, 0.6) is 0 Å². The summed E-state index contributed by atoms with van der Waals surface area (Å²) in [5.74, 6) is 1.02. The highest BCUT2D eigenvalue weighted by molar-refractivity contribution is 7.12. The molecule has 5 nitrogen and oxygen atoms in total. The highest BCUT2D eigenvalue weighted by atomic mass is 32.1. The molecule has 2 aromatic rings. The minimum Gasteiger partial charge on any atom is -0.353 e. The van der Waals surface area contributed by atoms with Gasteiger partial charge in [-0.05, 0) is 12.1 Å². The van der Waals surface area contributed by atoms with Crippen LogP contribution in [0.25, 0.3) is 10.6 Å². The first-order valence-corrected chi connectivity index (χ1v) is 6.50. The van der Waals surface area contributed by atoms with Crippen LogP contribution in [0, 0.1) is 0 Å². The molecule has 0 aliphatic carbocycles. The van der Waals surface area contributed by atoms with E-state index in [0.29, 0.717) is 0 Å². The van der Waals surface area contributed by atoms with Gasteiger partial charge < -0.3 is 10.2 Å². The van der Waals surface area contributed by atoms with Crippen LogP contribution in [0.2, 0.25) is 0 Å². The van der Waals surface area contributed by atoms with Crippen molar-refractivity contribution in [3.8, 4) is 10.6 Å². The number of nitrogens with one attached hydrogen (secondary N) is 1.